The summed E-state index contributed by atoms with van der Waals surface area (Å²) in [6.45, 7) is 1.62. The highest BCUT2D eigenvalue weighted by atomic mass is 32.2. The molecule has 0 aliphatic rings. The Labute approximate surface area is 143 Å². The molecule has 0 fully saturated rings. The molecular weight excluding hydrogens is 346 g/mol. The topological polar surface area (TPSA) is 87.9 Å². The van der Waals surface area contributed by atoms with Crippen LogP contribution >= 0.6 is 0 Å². The lowest BCUT2D eigenvalue weighted by atomic mass is 10.2. The Morgan fingerprint density at radius 1 is 1.29 bits per heavy atom. The first kappa shape index (κ1) is 16.9. The Kier molecular flexibility index (Phi) is 4.37. The van der Waals surface area contributed by atoms with Crippen LogP contribution in [-0.2, 0) is 28.1 Å². The molecule has 0 radical (unpaired) electrons. The van der Waals surface area contributed by atoms with Crippen LogP contribution in [0.15, 0.2) is 46.3 Å². The fraction of sp³-hybridized carbons (Fsp3) is 0.250. The molecule has 0 amide bonds. The number of imidazole rings is 1. The first-order chi connectivity index (χ1) is 11.3. The molecule has 126 valence electrons. The van der Waals surface area contributed by atoms with Gasteiger partial charge in [0.15, 0.2) is 20.4 Å². The van der Waals surface area contributed by atoms with Gasteiger partial charge >= 0.3 is 0 Å². The monoisotopic (exact) mass is 363 g/mol. The van der Waals surface area contributed by atoms with Crippen molar-refractivity contribution in [3.63, 3.8) is 0 Å². The van der Waals surface area contributed by atoms with Gasteiger partial charge in [0.05, 0.1) is 16.8 Å². The second-order valence-electron chi connectivity index (χ2n) is 5.36. The highest BCUT2D eigenvalue weighted by molar-refractivity contribution is 7.91. The van der Waals surface area contributed by atoms with Crippen molar-refractivity contribution in [3.05, 3.63) is 36.5 Å². The van der Waals surface area contributed by atoms with Crippen molar-refractivity contribution in [2.45, 2.75) is 16.7 Å². The van der Waals surface area contributed by atoms with Crippen LogP contribution < -0.4 is 0 Å². The summed E-state index contributed by atoms with van der Waals surface area (Å²) in [5.74, 6) is 0.537. The van der Waals surface area contributed by atoms with Crippen molar-refractivity contribution in [1.82, 2.24) is 14.5 Å². The second-order valence-corrected chi connectivity index (χ2v) is 8.99. The summed E-state index contributed by atoms with van der Waals surface area (Å²) in [6.07, 6.45) is 3.13. The van der Waals surface area contributed by atoms with Gasteiger partial charge < -0.3 is 9.12 Å². The van der Waals surface area contributed by atoms with E-state index in [1.54, 1.807) is 61.3 Å². The summed E-state index contributed by atoms with van der Waals surface area (Å²) in [5, 5.41) is 0. The molecule has 0 aliphatic heterocycles. The third kappa shape index (κ3) is 2.81. The molecule has 3 rings (SSSR count). The van der Waals surface area contributed by atoms with Gasteiger partial charge in [0.2, 0.25) is 0 Å². The van der Waals surface area contributed by atoms with Crippen LogP contribution in [0.1, 0.15) is 6.92 Å². The zero-order valence-corrected chi connectivity index (χ0v) is 15.2. The van der Waals surface area contributed by atoms with Crippen molar-refractivity contribution in [2.75, 3.05) is 12.0 Å². The van der Waals surface area contributed by atoms with Gasteiger partial charge in [-0.05, 0) is 23.3 Å². The highest BCUT2D eigenvalue weighted by Crippen LogP contribution is 2.29. The number of hydrogen-bond donors (Lipinski definition) is 0. The van der Waals surface area contributed by atoms with Gasteiger partial charge in [-0.25, -0.2) is 18.4 Å². The summed E-state index contributed by atoms with van der Waals surface area (Å²) < 4.78 is 38.1. The van der Waals surface area contributed by atoms with Crippen molar-refractivity contribution in [3.8, 4) is 11.4 Å². The molecule has 8 heteroatoms. The van der Waals surface area contributed by atoms with Crippen LogP contribution in [0.25, 0.3) is 22.6 Å². The third-order valence-corrected chi connectivity index (χ3v) is 6.53. The van der Waals surface area contributed by atoms with E-state index in [1.165, 1.54) is 0 Å². The van der Waals surface area contributed by atoms with E-state index in [1.807, 2.05) is 0 Å². The predicted molar refractivity (Wildman–Crippen MR) is 94.0 cm³/mol. The minimum atomic E-state index is -3.38. The maximum absolute atomic E-state index is 12.4. The highest BCUT2D eigenvalue weighted by Gasteiger charge is 2.21. The fourth-order valence-electron chi connectivity index (χ4n) is 2.53. The van der Waals surface area contributed by atoms with Crippen molar-refractivity contribution < 1.29 is 13.0 Å². The number of hydrogen-bond acceptors (Lipinski definition) is 5. The number of fused-ring (bicyclic) bond motifs is 1. The number of aryl methyl sites for hydroxylation is 1. The van der Waals surface area contributed by atoms with Crippen LogP contribution in [0.4, 0.5) is 0 Å². The molecule has 2 heterocycles. The average molecular weight is 363 g/mol. The van der Waals surface area contributed by atoms with E-state index in [0.29, 0.717) is 27.4 Å². The molecule has 24 heavy (non-hydrogen) atoms. The number of pyridine rings is 1. The maximum Gasteiger partial charge on any atom is 0.178 e. The van der Waals surface area contributed by atoms with E-state index < -0.39 is 21.0 Å². The van der Waals surface area contributed by atoms with E-state index in [4.69, 9.17) is 0 Å². The fourth-order valence-corrected chi connectivity index (χ4v) is 4.10. The molecule has 0 saturated heterocycles. The Morgan fingerprint density at radius 3 is 2.67 bits per heavy atom. The van der Waals surface area contributed by atoms with Crippen LogP contribution in [-0.4, -0.2) is 39.5 Å². The lowest BCUT2D eigenvalue weighted by Gasteiger charge is -2.09. The molecule has 0 bridgehead atoms. The van der Waals surface area contributed by atoms with Crippen molar-refractivity contribution >= 4 is 32.2 Å². The van der Waals surface area contributed by atoms with E-state index in [9.17, 15) is 13.0 Å². The minimum absolute atomic E-state index is 0.0190. The summed E-state index contributed by atoms with van der Waals surface area (Å²) in [6, 6.07) is 8.53. The molecular formula is C16H17N3O3S2. The van der Waals surface area contributed by atoms with E-state index >= 15 is 0 Å². The zero-order chi connectivity index (χ0) is 17.5. The van der Waals surface area contributed by atoms with Gasteiger partial charge in [0.25, 0.3) is 0 Å². The molecule has 0 spiro atoms. The Bertz CT molecular complexity index is 1010. The molecule has 3 aromatic rings. The zero-order valence-electron chi connectivity index (χ0n) is 13.6. The number of aromatic nitrogens is 3. The van der Waals surface area contributed by atoms with Crippen LogP contribution in [0.5, 0.6) is 0 Å². The van der Waals surface area contributed by atoms with Crippen molar-refractivity contribution in [1.29, 1.82) is 0 Å². The SMILES string of the molecule is CCS(=O)(=O)c1ccccc1-c1nc2cc([S+](C)[O-])cnc2n1C. The molecule has 1 aromatic carbocycles. The van der Waals surface area contributed by atoms with Gasteiger partial charge in [-0.1, -0.05) is 19.1 Å². The standard InChI is InChI=1S/C16H17N3O3S2/c1-4-24(21,22)14-8-6-5-7-12(14)15-18-13-9-11(23(3)20)10-17-16(13)19(15)2/h5-10H,4H2,1-3H3. The summed E-state index contributed by atoms with van der Waals surface area (Å²) in [5.41, 5.74) is 1.74. The maximum atomic E-state index is 12.4. The second kappa shape index (κ2) is 6.19. The smallest absolute Gasteiger partial charge is 0.178 e. The molecule has 0 aliphatic carbocycles. The Hall–Kier alpha value is -1.90. The van der Waals surface area contributed by atoms with Crippen LogP contribution in [0, 0.1) is 0 Å². The van der Waals surface area contributed by atoms with Crippen LogP contribution in [0.2, 0.25) is 0 Å². The molecule has 1 unspecified atom stereocenters. The van der Waals surface area contributed by atoms with Gasteiger partial charge in [0, 0.05) is 18.7 Å². The Morgan fingerprint density at radius 2 is 2.00 bits per heavy atom. The number of benzene rings is 1. The first-order valence-electron chi connectivity index (χ1n) is 7.33. The van der Waals surface area contributed by atoms with Gasteiger partial charge in [-0.15, -0.1) is 0 Å². The van der Waals surface area contributed by atoms with Gasteiger partial charge in [0.1, 0.15) is 17.6 Å². The number of rotatable bonds is 4. The largest absolute Gasteiger partial charge is 0.612 e. The normalized spacial score (nSPS) is 13.3. The van der Waals surface area contributed by atoms with E-state index in [-0.39, 0.29) is 10.6 Å². The molecule has 1 atom stereocenters. The first-order valence-corrected chi connectivity index (χ1v) is 10.5. The van der Waals surface area contributed by atoms with E-state index in [2.05, 4.69) is 9.97 Å². The number of nitrogens with zero attached hydrogens (tertiary/aromatic N) is 3. The third-order valence-electron chi connectivity index (χ3n) is 3.86. The lowest BCUT2D eigenvalue weighted by molar-refractivity contribution is 0.597. The molecule has 6 nitrogen and oxygen atoms in total. The summed E-state index contributed by atoms with van der Waals surface area (Å²) >= 11 is -1.15. The average Bonchev–Trinajstić information content (AvgIpc) is 2.91. The van der Waals surface area contributed by atoms with Crippen LogP contribution in [0.3, 0.4) is 0 Å². The molecule has 0 saturated carbocycles. The lowest BCUT2D eigenvalue weighted by Crippen LogP contribution is -2.07. The van der Waals surface area contributed by atoms with E-state index in [0.717, 1.165) is 0 Å². The minimum Gasteiger partial charge on any atom is -0.612 e. The quantitative estimate of drug-likeness (QED) is 0.663. The van der Waals surface area contributed by atoms with Gasteiger partial charge in [-0.2, -0.15) is 0 Å². The summed E-state index contributed by atoms with van der Waals surface area (Å²) in [4.78, 5) is 9.69. The number of sulfone groups is 1. The Balaban J connectivity index is 2.26. The van der Waals surface area contributed by atoms with Crippen molar-refractivity contribution in [2.24, 2.45) is 7.05 Å². The predicted octanol–water partition coefficient (Wildman–Crippen LogP) is 2.17. The molecule has 2 aromatic heterocycles. The molecule has 0 N–H and O–H groups in total. The van der Waals surface area contributed by atoms with Gasteiger partial charge in [-0.3, -0.25) is 0 Å². The summed E-state index contributed by atoms with van der Waals surface area (Å²) in [7, 11) is -1.59.